The Balaban J connectivity index is 1.91. The van der Waals surface area contributed by atoms with Gasteiger partial charge in [-0.1, -0.05) is 58.0 Å². The minimum atomic E-state index is 0.423. The first-order chi connectivity index (χ1) is 12.7. The molecule has 0 amide bonds. The Labute approximate surface area is 166 Å². The van der Waals surface area contributed by atoms with Crippen molar-refractivity contribution in [3.63, 3.8) is 0 Å². The number of rotatable bonds is 9. The van der Waals surface area contributed by atoms with Crippen LogP contribution in [0.4, 0.5) is 0 Å². The molecule has 0 radical (unpaired) electrons. The third-order valence-corrected chi connectivity index (χ3v) is 4.73. The van der Waals surface area contributed by atoms with Crippen LogP contribution in [0.25, 0.3) is 0 Å². The van der Waals surface area contributed by atoms with Crippen molar-refractivity contribution in [2.75, 3.05) is 19.0 Å². The number of thioether (sulfide) groups is 1. The summed E-state index contributed by atoms with van der Waals surface area (Å²) < 4.78 is 11.1. The molecule has 2 rings (SSSR count). The number of alkyl halides is 1. The predicted octanol–water partition coefficient (Wildman–Crippen LogP) is 4.44. The van der Waals surface area contributed by atoms with Crippen LogP contribution in [0.2, 0.25) is 0 Å². The number of benzene rings is 2. The molecule has 2 aromatic carbocycles. The zero-order chi connectivity index (χ0) is 18.6. The average Bonchev–Trinajstić information content (AvgIpc) is 2.68. The number of methoxy groups -OCH3 is 1. The van der Waals surface area contributed by atoms with Gasteiger partial charge in [-0.05, 0) is 35.7 Å². The second-order valence-electron chi connectivity index (χ2n) is 5.26. The van der Waals surface area contributed by atoms with Gasteiger partial charge in [-0.25, -0.2) is 0 Å². The fourth-order valence-corrected chi connectivity index (χ4v) is 2.87. The molecular weight excluding hydrogens is 414 g/mol. The highest BCUT2D eigenvalue weighted by atomic mass is 79.9. The molecule has 0 saturated carbocycles. The number of hydrogen-bond acceptors (Lipinski definition) is 5. The van der Waals surface area contributed by atoms with Gasteiger partial charge < -0.3 is 15.2 Å². The highest BCUT2D eigenvalue weighted by Crippen LogP contribution is 2.27. The quantitative estimate of drug-likeness (QED) is 0.208. The van der Waals surface area contributed by atoms with E-state index in [0.29, 0.717) is 23.3 Å². The number of hydrogen-bond donors (Lipinski definition) is 1. The normalized spacial score (nSPS) is 11.7. The van der Waals surface area contributed by atoms with E-state index in [-0.39, 0.29) is 0 Å². The molecule has 2 N–H and O–H groups in total. The van der Waals surface area contributed by atoms with Crippen LogP contribution in [0.1, 0.15) is 17.5 Å². The third-order valence-electron chi connectivity index (χ3n) is 3.32. The Morgan fingerprint density at radius 2 is 2.00 bits per heavy atom. The molecule has 0 unspecified atom stereocenters. The predicted molar refractivity (Wildman–Crippen MR) is 114 cm³/mol. The van der Waals surface area contributed by atoms with Gasteiger partial charge in [0.2, 0.25) is 0 Å². The van der Waals surface area contributed by atoms with E-state index < -0.39 is 0 Å². The van der Waals surface area contributed by atoms with E-state index in [2.05, 4.69) is 38.3 Å². The maximum absolute atomic E-state index is 5.88. The zero-order valence-corrected chi connectivity index (χ0v) is 17.0. The summed E-state index contributed by atoms with van der Waals surface area (Å²) in [6.45, 7) is 0.633. The van der Waals surface area contributed by atoms with Gasteiger partial charge in [0.1, 0.15) is 0 Å². The van der Waals surface area contributed by atoms with Crippen molar-refractivity contribution in [1.82, 2.24) is 0 Å². The van der Waals surface area contributed by atoms with E-state index in [9.17, 15) is 0 Å². The molecule has 7 heteroatoms. The fourth-order valence-electron chi connectivity index (χ4n) is 2.03. The molecule has 0 bridgehead atoms. The Morgan fingerprint density at radius 3 is 2.73 bits per heavy atom. The van der Waals surface area contributed by atoms with Crippen LogP contribution in [0.5, 0.6) is 11.5 Å². The number of ether oxygens (including phenoxy) is 2. The molecule has 26 heavy (non-hydrogen) atoms. The topological polar surface area (TPSA) is 69.2 Å². The second kappa shape index (κ2) is 11.6. The lowest BCUT2D eigenvalue weighted by Crippen LogP contribution is -2.06. The van der Waals surface area contributed by atoms with E-state index in [0.717, 1.165) is 23.1 Å². The van der Waals surface area contributed by atoms with Gasteiger partial charge in [0.15, 0.2) is 16.7 Å². The van der Waals surface area contributed by atoms with Gasteiger partial charge in [-0.15, -0.1) is 5.10 Å². The Kier molecular flexibility index (Phi) is 9.06. The van der Waals surface area contributed by atoms with Crippen molar-refractivity contribution in [1.29, 1.82) is 0 Å². The van der Waals surface area contributed by atoms with E-state index >= 15 is 0 Å². The van der Waals surface area contributed by atoms with E-state index in [4.69, 9.17) is 15.2 Å². The van der Waals surface area contributed by atoms with Crippen LogP contribution in [-0.2, 0) is 5.75 Å². The van der Waals surface area contributed by atoms with Crippen molar-refractivity contribution in [3.8, 4) is 11.5 Å². The summed E-state index contributed by atoms with van der Waals surface area (Å²) in [5.41, 5.74) is 7.94. The van der Waals surface area contributed by atoms with Crippen LogP contribution in [0.15, 0.2) is 58.7 Å². The van der Waals surface area contributed by atoms with Crippen molar-refractivity contribution in [2.24, 2.45) is 15.9 Å². The molecule has 0 fully saturated rings. The zero-order valence-electron chi connectivity index (χ0n) is 14.6. The van der Waals surface area contributed by atoms with E-state index in [1.807, 2.05) is 36.4 Å². The average molecular weight is 436 g/mol. The van der Waals surface area contributed by atoms with Crippen LogP contribution < -0.4 is 15.2 Å². The Morgan fingerprint density at radius 1 is 1.19 bits per heavy atom. The lowest BCUT2D eigenvalue weighted by atomic mass is 10.2. The number of nitrogens with zero attached hydrogens (tertiary/aromatic N) is 2. The van der Waals surface area contributed by atoms with Crippen molar-refractivity contribution in [2.45, 2.75) is 12.2 Å². The smallest absolute Gasteiger partial charge is 0.180 e. The van der Waals surface area contributed by atoms with Gasteiger partial charge in [0, 0.05) is 11.1 Å². The minimum Gasteiger partial charge on any atom is -0.493 e. The summed E-state index contributed by atoms with van der Waals surface area (Å²) in [6.07, 6.45) is 2.57. The SMILES string of the molecule is COc1cc(C=NN=C(N)SCc2ccccc2)ccc1OCCCBr. The highest BCUT2D eigenvalue weighted by molar-refractivity contribution is 9.09. The molecule has 0 atom stereocenters. The number of nitrogens with two attached hydrogens (primary N) is 1. The van der Waals surface area contributed by atoms with Crippen LogP contribution in [-0.4, -0.2) is 30.4 Å². The van der Waals surface area contributed by atoms with Crippen molar-refractivity contribution in [3.05, 3.63) is 59.7 Å². The monoisotopic (exact) mass is 435 g/mol. The summed E-state index contributed by atoms with van der Waals surface area (Å²) >= 11 is 4.83. The lowest BCUT2D eigenvalue weighted by Gasteiger charge is -2.10. The number of amidine groups is 1. The second-order valence-corrected chi connectivity index (χ2v) is 7.05. The highest BCUT2D eigenvalue weighted by Gasteiger charge is 2.05. The lowest BCUT2D eigenvalue weighted by molar-refractivity contribution is 0.295. The molecule has 138 valence electrons. The summed E-state index contributed by atoms with van der Waals surface area (Å²) in [7, 11) is 1.62. The first-order valence-electron chi connectivity index (χ1n) is 8.13. The largest absolute Gasteiger partial charge is 0.493 e. The van der Waals surface area contributed by atoms with Crippen LogP contribution in [0, 0.1) is 0 Å². The third kappa shape index (κ3) is 7.09. The summed E-state index contributed by atoms with van der Waals surface area (Å²) in [6, 6.07) is 15.7. The van der Waals surface area contributed by atoms with Gasteiger partial charge in [0.05, 0.1) is 19.9 Å². The van der Waals surface area contributed by atoms with Gasteiger partial charge in [0.25, 0.3) is 0 Å². The van der Waals surface area contributed by atoms with Gasteiger partial charge in [-0.2, -0.15) is 5.10 Å². The van der Waals surface area contributed by atoms with Crippen molar-refractivity contribution < 1.29 is 9.47 Å². The first kappa shape index (κ1) is 20.3. The Hall–Kier alpha value is -1.99. The molecule has 0 aliphatic heterocycles. The minimum absolute atomic E-state index is 0.423. The summed E-state index contributed by atoms with van der Waals surface area (Å²) in [4.78, 5) is 0. The summed E-state index contributed by atoms with van der Waals surface area (Å²) in [5.74, 6) is 2.14. The van der Waals surface area contributed by atoms with Crippen molar-refractivity contribution >= 4 is 39.1 Å². The van der Waals surface area contributed by atoms with E-state index in [1.54, 1.807) is 13.3 Å². The molecule has 2 aromatic rings. The molecule has 0 aliphatic rings. The van der Waals surface area contributed by atoms with E-state index in [1.165, 1.54) is 17.3 Å². The molecular formula is C19H22BrN3O2S. The molecule has 0 spiro atoms. The first-order valence-corrected chi connectivity index (χ1v) is 10.2. The standard InChI is InChI=1S/C19H22BrN3O2S/c1-24-18-12-16(8-9-17(18)25-11-5-10-20)13-22-23-19(21)26-14-15-6-3-2-4-7-15/h2-4,6-9,12-13H,5,10-11,14H2,1H3,(H2,21,23). The number of halogens is 1. The molecule has 0 heterocycles. The fraction of sp³-hybridized carbons (Fsp3) is 0.263. The molecule has 0 aliphatic carbocycles. The molecule has 5 nitrogen and oxygen atoms in total. The van der Waals surface area contributed by atoms with Crippen LogP contribution >= 0.6 is 27.7 Å². The maximum atomic E-state index is 5.88. The summed E-state index contributed by atoms with van der Waals surface area (Å²) in [5, 5.41) is 9.40. The maximum Gasteiger partial charge on any atom is 0.180 e. The molecule has 0 saturated heterocycles. The van der Waals surface area contributed by atoms with Gasteiger partial charge >= 0.3 is 0 Å². The van der Waals surface area contributed by atoms with Gasteiger partial charge in [-0.3, -0.25) is 0 Å². The van der Waals surface area contributed by atoms with Crippen LogP contribution in [0.3, 0.4) is 0 Å². The Bertz CT molecular complexity index is 739. The molecule has 0 aromatic heterocycles.